The fraction of sp³-hybridized carbons (Fsp3) is 0.125. The third-order valence-electron chi connectivity index (χ3n) is 1.65. The maximum absolute atomic E-state index is 11.1. The lowest BCUT2D eigenvalue weighted by atomic mass is 9.96. The molecule has 2 heterocycles. The van der Waals surface area contributed by atoms with E-state index in [1.54, 1.807) is 18.5 Å². The summed E-state index contributed by atoms with van der Waals surface area (Å²) in [7, 11) is 0. The first kappa shape index (κ1) is 6.22. The van der Waals surface area contributed by atoms with Crippen LogP contribution < -0.4 is 0 Å². The lowest BCUT2D eigenvalue weighted by Crippen LogP contribution is -2.26. The standard InChI is InChI=1S/C8H6N2O/c11-8-2-4-10-7-1-3-9-5-6(7)8/h1-6H. The number of carbonyl (C=O) groups excluding carboxylic acids is 1. The second-order valence-corrected chi connectivity index (χ2v) is 2.36. The predicted molar refractivity (Wildman–Crippen MR) is 42.7 cm³/mol. The normalized spacial score (nSPS) is 26.7. The van der Waals surface area contributed by atoms with Gasteiger partial charge in [-0.25, -0.2) is 0 Å². The largest absolute Gasteiger partial charge is 0.294 e. The first-order chi connectivity index (χ1) is 5.38. The maximum Gasteiger partial charge on any atom is 0.171 e. The molecule has 2 aliphatic heterocycles. The Labute approximate surface area is 63.9 Å². The van der Waals surface area contributed by atoms with E-state index in [4.69, 9.17) is 0 Å². The molecule has 0 aliphatic carbocycles. The highest BCUT2D eigenvalue weighted by atomic mass is 16.1. The number of nitrogens with zero attached hydrogens (tertiary/aromatic N) is 2. The number of allylic oxidation sites excluding steroid dienone is 2. The lowest BCUT2D eigenvalue weighted by molar-refractivity contribution is -0.114. The van der Waals surface area contributed by atoms with E-state index in [0.29, 0.717) is 0 Å². The van der Waals surface area contributed by atoms with Crippen molar-refractivity contribution in [2.24, 2.45) is 15.9 Å². The molecule has 1 atom stereocenters. The van der Waals surface area contributed by atoms with Gasteiger partial charge in [0.15, 0.2) is 5.78 Å². The van der Waals surface area contributed by atoms with Crippen LogP contribution in [0.3, 0.4) is 0 Å². The zero-order chi connectivity index (χ0) is 7.68. The minimum atomic E-state index is -0.231. The van der Waals surface area contributed by atoms with Gasteiger partial charge in [0.05, 0.1) is 11.6 Å². The molecule has 0 amide bonds. The van der Waals surface area contributed by atoms with Crippen molar-refractivity contribution >= 4 is 17.7 Å². The summed E-state index contributed by atoms with van der Waals surface area (Å²) in [5.74, 6) is -0.173. The van der Waals surface area contributed by atoms with Gasteiger partial charge in [0.1, 0.15) is 0 Å². The molecule has 54 valence electrons. The summed E-state index contributed by atoms with van der Waals surface area (Å²) in [6, 6.07) is 0. The smallest absolute Gasteiger partial charge is 0.171 e. The predicted octanol–water partition coefficient (Wildman–Crippen LogP) is 0.738. The molecule has 0 aromatic rings. The van der Waals surface area contributed by atoms with Gasteiger partial charge in [-0.3, -0.25) is 14.8 Å². The molecule has 1 unspecified atom stereocenters. The van der Waals surface area contributed by atoms with E-state index in [1.165, 1.54) is 12.3 Å². The summed E-state index contributed by atoms with van der Waals surface area (Å²) in [5.41, 5.74) is 0.785. The Morgan fingerprint density at radius 2 is 2.18 bits per heavy atom. The highest BCUT2D eigenvalue weighted by molar-refractivity contribution is 6.25. The SMILES string of the molecule is O=C1C=CN=C2C=CN=CC12. The Bertz CT molecular complexity index is 310. The summed E-state index contributed by atoms with van der Waals surface area (Å²) < 4.78 is 0. The van der Waals surface area contributed by atoms with Crippen LogP contribution in [0.5, 0.6) is 0 Å². The molecule has 0 radical (unpaired) electrons. The summed E-state index contributed by atoms with van der Waals surface area (Å²) >= 11 is 0. The Kier molecular flexibility index (Phi) is 1.28. The van der Waals surface area contributed by atoms with Gasteiger partial charge < -0.3 is 0 Å². The second kappa shape index (κ2) is 2.27. The van der Waals surface area contributed by atoms with Gasteiger partial charge in [-0.05, 0) is 6.08 Å². The minimum absolute atomic E-state index is 0.0584. The summed E-state index contributed by atoms with van der Waals surface area (Å²) in [4.78, 5) is 19.0. The van der Waals surface area contributed by atoms with Crippen molar-refractivity contribution in [3.63, 3.8) is 0 Å². The van der Waals surface area contributed by atoms with Crippen molar-refractivity contribution in [3.05, 3.63) is 24.6 Å². The highest BCUT2D eigenvalue weighted by Crippen LogP contribution is 2.11. The number of ketones is 1. The number of hydrogen-bond donors (Lipinski definition) is 0. The van der Waals surface area contributed by atoms with Crippen LogP contribution in [0.15, 0.2) is 34.5 Å². The second-order valence-electron chi connectivity index (χ2n) is 2.36. The van der Waals surface area contributed by atoms with E-state index in [-0.39, 0.29) is 11.7 Å². The van der Waals surface area contributed by atoms with Crippen LogP contribution in [0.25, 0.3) is 0 Å². The number of hydrogen-bond acceptors (Lipinski definition) is 3. The van der Waals surface area contributed by atoms with Crippen LogP contribution in [0.2, 0.25) is 0 Å². The van der Waals surface area contributed by atoms with E-state index < -0.39 is 0 Å². The van der Waals surface area contributed by atoms with Crippen molar-refractivity contribution in [1.82, 2.24) is 0 Å². The molecule has 2 aliphatic rings. The van der Waals surface area contributed by atoms with Crippen LogP contribution >= 0.6 is 0 Å². The molecule has 3 nitrogen and oxygen atoms in total. The van der Waals surface area contributed by atoms with E-state index in [9.17, 15) is 4.79 Å². The molecule has 3 heteroatoms. The Hall–Kier alpha value is -1.51. The topological polar surface area (TPSA) is 41.8 Å². The molecule has 0 aromatic carbocycles. The van der Waals surface area contributed by atoms with Crippen LogP contribution in [-0.4, -0.2) is 17.7 Å². The quantitative estimate of drug-likeness (QED) is 0.497. The fourth-order valence-corrected chi connectivity index (χ4v) is 1.08. The van der Waals surface area contributed by atoms with E-state index in [1.807, 2.05) is 0 Å². The number of rotatable bonds is 0. The zero-order valence-corrected chi connectivity index (χ0v) is 5.77. The van der Waals surface area contributed by atoms with Gasteiger partial charge in [0.25, 0.3) is 0 Å². The average molecular weight is 146 g/mol. The zero-order valence-electron chi connectivity index (χ0n) is 5.77. The maximum atomic E-state index is 11.1. The molecule has 2 rings (SSSR count). The molecule has 0 N–H and O–H groups in total. The molecule has 0 saturated carbocycles. The first-order valence-corrected chi connectivity index (χ1v) is 3.36. The minimum Gasteiger partial charge on any atom is -0.294 e. The molecule has 0 spiro atoms. The molecule has 0 bridgehead atoms. The average Bonchev–Trinajstić information content (AvgIpc) is 2.06. The van der Waals surface area contributed by atoms with Gasteiger partial charge in [0.2, 0.25) is 0 Å². The lowest BCUT2D eigenvalue weighted by Gasteiger charge is -2.13. The van der Waals surface area contributed by atoms with Gasteiger partial charge in [-0.2, -0.15) is 0 Å². The third-order valence-corrected chi connectivity index (χ3v) is 1.65. The molecule has 0 aromatic heterocycles. The monoisotopic (exact) mass is 146 g/mol. The Morgan fingerprint density at radius 1 is 1.27 bits per heavy atom. The number of carbonyl (C=O) groups is 1. The van der Waals surface area contributed by atoms with Crippen LogP contribution in [0, 0.1) is 5.92 Å². The van der Waals surface area contributed by atoms with E-state index in [2.05, 4.69) is 9.98 Å². The van der Waals surface area contributed by atoms with Crippen molar-refractivity contribution in [2.75, 3.05) is 0 Å². The number of fused-ring (bicyclic) bond motifs is 1. The summed E-state index contributed by atoms with van der Waals surface area (Å²) in [6.45, 7) is 0. The van der Waals surface area contributed by atoms with Crippen molar-refractivity contribution in [3.8, 4) is 0 Å². The number of aliphatic imine (C=N–C) groups is 2. The van der Waals surface area contributed by atoms with Gasteiger partial charge in [0, 0.05) is 24.7 Å². The van der Waals surface area contributed by atoms with Crippen LogP contribution in [0.1, 0.15) is 0 Å². The highest BCUT2D eigenvalue weighted by Gasteiger charge is 2.22. The van der Waals surface area contributed by atoms with Gasteiger partial charge in [-0.1, -0.05) is 0 Å². The van der Waals surface area contributed by atoms with Gasteiger partial charge in [-0.15, -0.1) is 0 Å². The van der Waals surface area contributed by atoms with Crippen molar-refractivity contribution < 1.29 is 4.79 Å². The molecular formula is C8H6N2O. The Morgan fingerprint density at radius 3 is 3.00 bits per heavy atom. The first-order valence-electron chi connectivity index (χ1n) is 3.36. The molecule has 0 fully saturated rings. The van der Waals surface area contributed by atoms with Crippen LogP contribution in [0.4, 0.5) is 0 Å². The van der Waals surface area contributed by atoms with Crippen molar-refractivity contribution in [2.45, 2.75) is 0 Å². The van der Waals surface area contributed by atoms with E-state index in [0.717, 1.165) is 5.71 Å². The van der Waals surface area contributed by atoms with E-state index >= 15 is 0 Å². The summed E-state index contributed by atoms with van der Waals surface area (Å²) in [5, 5.41) is 0. The Balaban J connectivity index is 2.43. The van der Waals surface area contributed by atoms with Gasteiger partial charge >= 0.3 is 0 Å². The van der Waals surface area contributed by atoms with Crippen LogP contribution in [-0.2, 0) is 4.79 Å². The summed E-state index contributed by atoms with van der Waals surface area (Å²) in [6.07, 6.45) is 8.01. The molecule has 11 heavy (non-hydrogen) atoms. The molecular weight excluding hydrogens is 140 g/mol. The molecule has 0 saturated heterocycles. The third kappa shape index (κ3) is 0.941. The fourth-order valence-electron chi connectivity index (χ4n) is 1.08. The van der Waals surface area contributed by atoms with Crippen molar-refractivity contribution in [1.29, 1.82) is 0 Å².